The fraction of sp³-hybridized carbons (Fsp3) is 0.714. The van der Waals surface area contributed by atoms with Crippen molar-refractivity contribution in [1.82, 2.24) is 5.32 Å². The number of hydrogen-bond donors (Lipinski definition) is 4. The van der Waals surface area contributed by atoms with Crippen LogP contribution < -0.4 is 16.8 Å². The minimum atomic E-state index is -1.08. The van der Waals surface area contributed by atoms with Gasteiger partial charge in [0.25, 0.3) is 0 Å². The largest absolute Gasteiger partial charge is 0.480 e. The molecule has 0 radical (unpaired) electrons. The number of carbonyl (C=O) groups excluding carboxylic acids is 1. The van der Waals surface area contributed by atoms with Crippen molar-refractivity contribution < 1.29 is 14.7 Å². The molecule has 6 N–H and O–H groups in total. The van der Waals surface area contributed by atoms with Crippen molar-refractivity contribution in [2.45, 2.75) is 18.9 Å². The lowest BCUT2D eigenvalue weighted by Crippen LogP contribution is -2.42. The van der Waals surface area contributed by atoms with Crippen LogP contribution >= 0.6 is 0 Å². The summed E-state index contributed by atoms with van der Waals surface area (Å²) in [5.74, 6) is -1.53. The maximum Gasteiger partial charge on any atom is 0.322 e. The van der Waals surface area contributed by atoms with Gasteiger partial charge < -0.3 is 21.9 Å². The Labute approximate surface area is 76.3 Å². The van der Waals surface area contributed by atoms with Gasteiger partial charge in [-0.2, -0.15) is 0 Å². The highest BCUT2D eigenvalue weighted by molar-refractivity contribution is 5.84. The van der Waals surface area contributed by atoms with E-state index in [0.717, 1.165) is 0 Å². The van der Waals surface area contributed by atoms with Gasteiger partial charge in [-0.1, -0.05) is 0 Å². The van der Waals surface area contributed by atoms with Crippen LogP contribution in [0.2, 0.25) is 0 Å². The van der Waals surface area contributed by atoms with Crippen molar-refractivity contribution in [3.8, 4) is 0 Å². The van der Waals surface area contributed by atoms with Gasteiger partial charge in [0.1, 0.15) is 6.54 Å². The summed E-state index contributed by atoms with van der Waals surface area (Å²) in [5.41, 5.74) is 10.6. The van der Waals surface area contributed by atoms with Gasteiger partial charge in [0.15, 0.2) is 0 Å². The third-order valence-corrected chi connectivity index (χ3v) is 1.47. The number of nitrogens with two attached hydrogens (primary N) is 2. The highest BCUT2D eigenvalue weighted by Crippen LogP contribution is 1.91. The Morgan fingerprint density at radius 2 is 2.08 bits per heavy atom. The Bertz CT molecular complexity index is 184. The lowest BCUT2D eigenvalue weighted by atomic mass is 10.1. The molecule has 0 aromatic heterocycles. The molecular weight excluding hydrogens is 174 g/mol. The molecule has 1 amide bonds. The van der Waals surface area contributed by atoms with E-state index in [1.807, 2.05) is 0 Å². The monoisotopic (exact) mass is 189 g/mol. The third kappa shape index (κ3) is 6.06. The first-order chi connectivity index (χ1) is 6.07. The molecule has 0 spiro atoms. The van der Waals surface area contributed by atoms with E-state index < -0.39 is 24.5 Å². The van der Waals surface area contributed by atoms with Gasteiger partial charge in [0, 0.05) is 0 Å². The predicted molar refractivity (Wildman–Crippen MR) is 46.9 cm³/mol. The molecule has 6 nitrogen and oxygen atoms in total. The van der Waals surface area contributed by atoms with Crippen LogP contribution in [0.5, 0.6) is 0 Å². The molecular formula is C7H15N3O3. The van der Waals surface area contributed by atoms with Crippen LogP contribution in [0.15, 0.2) is 0 Å². The van der Waals surface area contributed by atoms with Gasteiger partial charge in [-0.05, 0) is 19.4 Å². The normalized spacial score (nSPS) is 12.2. The van der Waals surface area contributed by atoms with Gasteiger partial charge >= 0.3 is 5.97 Å². The van der Waals surface area contributed by atoms with E-state index in [-0.39, 0.29) is 0 Å². The number of carbonyl (C=O) groups is 2. The van der Waals surface area contributed by atoms with Gasteiger partial charge in [-0.3, -0.25) is 9.59 Å². The minimum Gasteiger partial charge on any atom is -0.480 e. The molecule has 13 heavy (non-hydrogen) atoms. The van der Waals surface area contributed by atoms with E-state index in [1.165, 1.54) is 0 Å². The summed E-state index contributed by atoms with van der Waals surface area (Å²) in [7, 11) is 0. The van der Waals surface area contributed by atoms with Gasteiger partial charge in [-0.25, -0.2) is 0 Å². The first-order valence-electron chi connectivity index (χ1n) is 4.03. The Balaban J connectivity index is 3.63. The van der Waals surface area contributed by atoms with Crippen LogP contribution in [0, 0.1) is 0 Å². The highest BCUT2D eigenvalue weighted by Gasteiger charge is 2.12. The Morgan fingerprint density at radius 1 is 1.46 bits per heavy atom. The second kappa shape index (κ2) is 6.38. The minimum absolute atomic E-state index is 0.394. The van der Waals surface area contributed by atoms with Crippen molar-refractivity contribution in [3.05, 3.63) is 0 Å². The lowest BCUT2D eigenvalue weighted by molar-refractivity contribution is -0.138. The van der Waals surface area contributed by atoms with Gasteiger partial charge in [-0.15, -0.1) is 0 Å². The number of carboxylic acid groups (broad SMARTS) is 1. The van der Waals surface area contributed by atoms with Crippen LogP contribution in [0.25, 0.3) is 0 Å². The summed E-state index contributed by atoms with van der Waals surface area (Å²) in [6.45, 7) is 0.0784. The van der Waals surface area contributed by atoms with E-state index in [9.17, 15) is 9.59 Å². The molecule has 0 fully saturated rings. The molecule has 6 heteroatoms. The van der Waals surface area contributed by atoms with E-state index in [1.54, 1.807) is 0 Å². The average molecular weight is 189 g/mol. The smallest absolute Gasteiger partial charge is 0.322 e. The lowest BCUT2D eigenvalue weighted by Gasteiger charge is -2.09. The number of nitrogens with one attached hydrogen (secondary N) is 1. The first-order valence-corrected chi connectivity index (χ1v) is 4.03. The van der Waals surface area contributed by atoms with Crippen molar-refractivity contribution >= 4 is 11.9 Å². The predicted octanol–water partition coefficient (Wildman–Crippen LogP) is -1.75. The van der Waals surface area contributed by atoms with Crippen LogP contribution in [0.3, 0.4) is 0 Å². The number of rotatable bonds is 6. The Morgan fingerprint density at radius 3 is 2.54 bits per heavy atom. The number of carboxylic acids is 1. The summed E-state index contributed by atoms with van der Waals surface area (Å²) in [4.78, 5) is 21.1. The standard InChI is InChI=1S/C7H15N3O3/c8-3-1-2-5(9)7(13)10-4-6(11)12/h5H,1-4,8-9H2,(H,10,13)(H,11,12). The fourth-order valence-corrected chi connectivity index (χ4v) is 0.763. The van der Waals surface area contributed by atoms with Crippen LogP contribution in [0.4, 0.5) is 0 Å². The topological polar surface area (TPSA) is 118 Å². The summed E-state index contributed by atoms with van der Waals surface area (Å²) in [6.07, 6.45) is 1.13. The molecule has 0 aromatic carbocycles. The molecule has 0 aliphatic rings. The third-order valence-electron chi connectivity index (χ3n) is 1.47. The molecule has 0 bridgehead atoms. The van der Waals surface area contributed by atoms with E-state index in [0.29, 0.717) is 19.4 Å². The molecule has 0 saturated heterocycles. The summed E-state index contributed by atoms with van der Waals surface area (Å²) < 4.78 is 0. The summed E-state index contributed by atoms with van der Waals surface area (Å²) >= 11 is 0. The number of hydrogen-bond acceptors (Lipinski definition) is 4. The second-order valence-corrected chi connectivity index (χ2v) is 2.65. The van der Waals surface area contributed by atoms with Gasteiger partial charge in [0.05, 0.1) is 6.04 Å². The SMILES string of the molecule is NCCCC(N)C(=O)NCC(=O)O. The van der Waals surface area contributed by atoms with Gasteiger partial charge in [0.2, 0.25) is 5.91 Å². The zero-order valence-electron chi connectivity index (χ0n) is 7.32. The maximum absolute atomic E-state index is 11.0. The average Bonchev–Trinajstić information content (AvgIpc) is 2.10. The Kier molecular flexibility index (Phi) is 5.82. The highest BCUT2D eigenvalue weighted by atomic mass is 16.4. The molecule has 0 aromatic rings. The van der Waals surface area contributed by atoms with Crippen molar-refractivity contribution in [1.29, 1.82) is 0 Å². The molecule has 0 aliphatic carbocycles. The van der Waals surface area contributed by atoms with Crippen molar-refractivity contribution in [2.24, 2.45) is 11.5 Å². The van der Waals surface area contributed by atoms with E-state index in [4.69, 9.17) is 16.6 Å². The number of aliphatic carboxylic acids is 1. The Hall–Kier alpha value is -1.14. The molecule has 0 heterocycles. The van der Waals surface area contributed by atoms with E-state index >= 15 is 0 Å². The molecule has 0 rings (SSSR count). The zero-order valence-corrected chi connectivity index (χ0v) is 7.32. The first kappa shape index (κ1) is 11.9. The fourth-order valence-electron chi connectivity index (χ4n) is 0.763. The molecule has 1 unspecified atom stereocenters. The van der Waals surface area contributed by atoms with Crippen molar-refractivity contribution in [2.75, 3.05) is 13.1 Å². The van der Waals surface area contributed by atoms with E-state index in [2.05, 4.69) is 5.32 Å². The van der Waals surface area contributed by atoms with Crippen LogP contribution in [-0.2, 0) is 9.59 Å². The molecule has 76 valence electrons. The number of amides is 1. The summed E-state index contributed by atoms with van der Waals surface area (Å²) in [5, 5.41) is 10.4. The quantitative estimate of drug-likeness (QED) is 0.395. The zero-order chi connectivity index (χ0) is 10.3. The molecule has 0 saturated carbocycles. The summed E-state index contributed by atoms with van der Waals surface area (Å²) in [6, 6.07) is -0.664. The van der Waals surface area contributed by atoms with Crippen LogP contribution in [0.1, 0.15) is 12.8 Å². The molecule has 1 atom stereocenters. The van der Waals surface area contributed by atoms with Crippen LogP contribution in [-0.4, -0.2) is 36.1 Å². The maximum atomic E-state index is 11.0. The molecule has 0 aliphatic heterocycles. The van der Waals surface area contributed by atoms with Crippen molar-refractivity contribution in [3.63, 3.8) is 0 Å². The second-order valence-electron chi connectivity index (χ2n) is 2.65.